The predicted octanol–water partition coefficient (Wildman–Crippen LogP) is 4.44. The van der Waals surface area contributed by atoms with Crippen LogP contribution in [0.1, 0.15) is 59.3 Å². The van der Waals surface area contributed by atoms with Crippen LogP contribution < -0.4 is 5.32 Å². The van der Waals surface area contributed by atoms with Crippen molar-refractivity contribution in [2.24, 2.45) is 0 Å². The number of hydrogen-bond donors (Lipinski definition) is 2. The summed E-state index contributed by atoms with van der Waals surface area (Å²) < 4.78 is 0. The van der Waals surface area contributed by atoms with Gasteiger partial charge in [0.25, 0.3) is 11.8 Å². The number of carbonyl (C=O) groups is 3. The Hall–Kier alpha value is -3.10. The second-order valence-electron chi connectivity index (χ2n) is 8.87. The molecule has 4 rings (SSSR count). The van der Waals surface area contributed by atoms with Crippen molar-refractivity contribution >= 4 is 52.0 Å². The van der Waals surface area contributed by atoms with Crippen molar-refractivity contribution in [3.63, 3.8) is 0 Å². The van der Waals surface area contributed by atoms with Crippen LogP contribution in [0.25, 0.3) is 11.0 Å². The zero-order valence-electron chi connectivity index (χ0n) is 19.8. The van der Waals surface area contributed by atoms with Gasteiger partial charge in [0.2, 0.25) is 5.91 Å². The molecular formula is C25H27Cl2N5O3. The molecule has 1 aliphatic heterocycles. The molecule has 0 aliphatic carbocycles. The van der Waals surface area contributed by atoms with E-state index in [1.807, 2.05) is 13.0 Å². The van der Waals surface area contributed by atoms with Crippen molar-refractivity contribution < 1.29 is 14.4 Å². The molecule has 35 heavy (non-hydrogen) atoms. The lowest BCUT2D eigenvalue weighted by Gasteiger charge is -2.28. The minimum absolute atomic E-state index is 0.0432. The summed E-state index contributed by atoms with van der Waals surface area (Å²) in [5.74, 6) is 0.0252. The normalized spacial score (nSPS) is 16.4. The number of fused-ring (bicyclic) bond motifs is 1. The number of carbonyl (C=O) groups excluding carboxylic acids is 3. The molecule has 0 radical (unpaired) electrons. The van der Waals surface area contributed by atoms with Crippen LogP contribution in [0.4, 0.5) is 0 Å². The summed E-state index contributed by atoms with van der Waals surface area (Å²) in [6.45, 7) is 4.41. The second-order valence-corrected chi connectivity index (χ2v) is 9.71. The highest BCUT2D eigenvalue weighted by molar-refractivity contribution is 6.34. The first-order valence-electron chi connectivity index (χ1n) is 11.4. The third kappa shape index (κ3) is 5.44. The molecule has 1 aromatic heterocycles. The van der Waals surface area contributed by atoms with Gasteiger partial charge >= 0.3 is 0 Å². The van der Waals surface area contributed by atoms with Gasteiger partial charge in [-0.3, -0.25) is 14.4 Å². The van der Waals surface area contributed by atoms with Crippen molar-refractivity contribution in [3.8, 4) is 0 Å². The lowest BCUT2D eigenvalue weighted by Crippen LogP contribution is -2.43. The summed E-state index contributed by atoms with van der Waals surface area (Å²) in [7, 11) is 1.73. The minimum atomic E-state index is -0.391. The van der Waals surface area contributed by atoms with Crippen molar-refractivity contribution in [1.29, 1.82) is 0 Å². The Bertz CT molecular complexity index is 1290. The van der Waals surface area contributed by atoms with Crippen LogP contribution in [0.15, 0.2) is 36.4 Å². The van der Waals surface area contributed by atoms with E-state index in [-0.39, 0.29) is 28.8 Å². The van der Waals surface area contributed by atoms with E-state index in [0.29, 0.717) is 35.1 Å². The molecule has 1 aliphatic rings. The molecule has 184 valence electrons. The first kappa shape index (κ1) is 25.0. The van der Waals surface area contributed by atoms with Crippen LogP contribution in [0.3, 0.4) is 0 Å². The standard InChI is InChI=1S/C25H27Cl2N5O3/c1-14(23-29-21-9-7-17(26)12-22(21)30-23)28-24(34)16-6-8-19(20(27)11-16)25(35)32-10-4-5-18(32)13-31(3)15(2)33/h6-9,11-12,14,18H,4-5,10,13H2,1-3H3,(H,28,34)(H,29,30)/t14-,18+/m0/s1. The fourth-order valence-corrected chi connectivity index (χ4v) is 4.71. The third-order valence-corrected chi connectivity index (χ3v) is 6.89. The average Bonchev–Trinajstić information content (AvgIpc) is 3.45. The van der Waals surface area contributed by atoms with Crippen molar-refractivity contribution in [2.75, 3.05) is 20.1 Å². The molecule has 2 heterocycles. The Labute approximate surface area is 213 Å². The minimum Gasteiger partial charge on any atom is -0.344 e. The van der Waals surface area contributed by atoms with Gasteiger partial charge in [-0.1, -0.05) is 23.2 Å². The van der Waals surface area contributed by atoms with Crippen molar-refractivity contribution in [1.82, 2.24) is 25.1 Å². The predicted molar refractivity (Wildman–Crippen MR) is 136 cm³/mol. The quantitative estimate of drug-likeness (QED) is 0.506. The van der Waals surface area contributed by atoms with E-state index in [2.05, 4.69) is 15.3 Å². The van der Waals surface area contributed by atoms with Crippen LogP contribution in [0, 0.1) is 0 Å². The number of amides is 3. The maximum Gasteiger partial charge on any atom is 0.255 e. The Balaban J connectivity index is 1.45. The Kier molecular flexibility index (Phi) is 7.33. The molecule has 1 fully saturated rings. The van der Waals surface area contributed by atoms with Gasteiger partial charge in [-0.05, 0) is 56.2 Å². The largest absolute Gasteiger partial charge is 0.344 e. The van der Waals surface area contributed by atoms with Crippen LogP contribution in [-0.2, 0) is 4.79 Å². The number of halogens is 2. The molecule has 2 atom stereocenters. The monoisotopic (exact) mass is 515 g/mol. The first-order chi connectivity index (χ1) is 16.6. The second kappa shape index (κ2) is 10.3. The molecule has 2 aromatic carbocycles. The molecule has 10 heteroatoms. The van der Waals surface area contributed by atoms with Gasteiger partial charge in [0.15, 0.2) is 0 Å². The Morgan fingerprint density at radius 2 is 2.00 bits per heavy atom. The van der Waals surface area contributed by atoms with Crippen LogP contribution in [0.5, 0.6) is 0 Å². The van der Waals surface area contributed by atoms with E-state index >= 15 is 0 Å². The highest BCUT2D eigenvalue weighted by Gasteiger charge is 2.31. The average molecular weight is 516 g/mol. The number of likely N-dealkylation sites (tertiary alicyclic amines) is 1. The number of imidazole rings is 1. The number of nitrogens with zero attached hydrogens (tertiary/aromatic N) is 3. The lowest BCUT2D eigenvalue weighted by molar-refractivity contribution is -0.128. The van der Waals surface area contributed by atoms with Crippen LogP contribution in [0.2, 0.25) is 10.0 Å². The lowest BCUT2D eigenvalue weighted by atomic mass is 10.1. The molecular weight excluding hydrogens is 489 g/mol. The fraction of sp³-hybridized carbons (Fsp3) is 0.360. The van der Waals surface area contributed by atoms with E-state index in [9.17, 15) is 14.4 Å². The number of aromatic nitrogens is 2. The number of benzene rings is 2. The van der Waals surface area contributed by atoms with Gasteiger partial charge in [0.05, 0.1) is 27.7 Å². The highest BCUT2D eigenvalue weighted by atomic mass is 35.5. The van der Waals surface area contributed by atoms with E-state index < -0.39 is 6.04 Å². The summed E-state index contributed by atoms with van der Waals surface area (Å²) in [5, 5.41) is 3.71. The summed E-state index contributed by atoms with van der Waals surface area (Å²) >= 11 is 12.5. The molecule has 0 bridgehead atoms. The number of hydrogen-bond acceptors (Lipinski definition) is 4. The molecule has 0 spiro atoms. The van der Waals surface area contributed by atoms with Crippen molar-refractivity contribution in [2.45, 2.75) is 38.8 Å². The van der Waals surface area contributed by atoms with E-state index in [4.69, 9.17) is 23.2 Å². The summed E-state index contributed by atoms with van der Waals surface area (Å²) in [6, 6.07) is 9.57. The van der Waals surface area contributed by atoms with Crippen molar-refractivity contribution in [3.05, 3.63) is 63.4 Å². The Morgan fingerprint density at radius 3 is 2.71 bits per heavy atom. The fourth-order valence-electron chi connectivity index (χ4n) is 4.28. The molecule has 3 aromatic rings. The van der Waals surface area contributed by atoms with Crippen LogP contribution >= 0.6 is 23.2 Å². The van der Waals surface area contributed by atoms with Gasteiger partial charge in [-0.15, -0.1) is 0 Å². The maximum absolute atomic E-state index is 13.2. The molecule has 8 nitrogen and oxygen atoms in total. The van der Waals surface area contributed by atoms with E-state index in [1.165, 1.54) is 13.0 Å². The van der Waals surface area contributed by atoms with Gasteiger partial charge < -0.3 is 20.1 Å². The van der Waals surface area contributed by atoms with E-state index in [1.54, 1.807) is 41.1 Å². The summed E-state index contributed by atoms with van der Waals surface area (Å²) in [4.78, 5) is 48.7. The smallest absolute Gasteiger partial charge is 0.255 e. The molecule has 1 saturated heterocycles. The zero-order chi connectivity index (χ0) is 25.3. The number of nitrogens with one attached hydrogen (secondary N) is 2. The number of likely N-dealkylation sites (N-methyl/N-ethyl adjacent to an activating group) is 1. The highest BCUT2D eigenvalue weighted by Crippen LogP contribution is 2.26. The van der Waals surface area contributed by atoms with Crippen LogP contribution in [-0.4, -0.2) is 63.7 Å². The van der Waals surface area contributed by atoms with Gasteiger partial charge in [0, 0.05) is 43.7 Å². The number of rotatable bonds is 6. The van der Waals surface area contributed by atoms with E-state index in [0.717, 1.165) is 23.9 Å². The summed E-state index contributed by atoms with van der Waals surface area (Å²) in [5.41, 5.74) is 2.22. The maximum atomic E-state index is 13.2. The SMILES string of the molecule is CC(=O)N(C)C[C@H]1CCCN1C(=O)c1ccc(C(=O)N[C@@H](C)c2nc3ccc(Cl)cc3[nH]2)cc1Cl. The number of H-pyrrole nitrogens is 1. The molecule has 2 N–H and O–H groups in total. The van der Waals surface area contributed by atoms with Gasteiger partial charge in [-0.2, -0.15) is 0 Å². The topological polar surface area (TPSA) is 98.4 Å². The molecule has 0 saturated carbocycles. The van der Waals surface area contributed by atoms with Gasteiger partial charge in [-0.25, -0.2) is 4.98 Å². The molecule has 3 amide bonds. The molecule has 0 unspecified atom stereocenters. The zero-order valence-corrected chi connectivity index (χ0v) is 21.3. The number of aromatic amines is 1. The van der Waals surface area contributed by atoms with Gasteiger partial charge in [0.1, 0.15) is 5.82 Å². The first-order valence-corrected chi connectivity index (χ1v) is 12.2. The summed E-state index contributed by atoms with van der Waals surface area (Å²) in [6.07, 6.45) is 1.69. The third-order valence-electron chi connectivity index (χ3n) is 6.34. The Morgan fingerprint density at radius 1 is 1.23 bits per heavy atom.